The Labute approximate surface area is 173 Å². The molecule has 0 saturated carbocycles. The molecule has 30 heavy (non-hydrogen) atoms. The van der Waals surface area contributed by atoms with Crippen LogP contribution in [0.3, 0.4) is 0 Å². The lowest BCUT2D eigenvalue weighted by Crippen LogP contribution is -2.44. The molecular weight excluding hydrogens is 412 g/mol. The van der Waals surface area contributed by atoms with E-state index in [1.54, 1.807) is 26.0 Å². The molecule has 10 nitrogen and oxygen atoms in total. The van der Waals surface area contributed by atoms with Crippen molar-refractivity contribution in [3.05, 3.63) is 48.4 Å². The highest BCUT2D eigenvalue weighted by molar-refractivity contribution is 7.89. The summed E-state index contributed by atoms with van der Waals surface area (Å²) >= 11 is 0. The molecule has 2 heterocycles. The van der Waals surface area contributed by atoms with Crippen LogP contribution in [0.4, 0.5) is 10.5 Å². The Morgan fingerprint density at radius 2 is 1.90 bits per heavy atom. The van der Waals surface area contributed by atoms with Gasteiger partial charge in [0, 0.05) is 5.69 Å². The zero-order chi connectivity index (χ0) is 21.9. The smallest absolute Gasteiger partial charge is 0.325 e. The average molecular weight is 434 g/mol. The molecule has 0 aliphatic carbocycles. The number of nitrogens with zero attached hydrogens (tertiary/aromatic N) is 1. The van der Waals surface area contributed by atoms with Gasteiger partial charge in [0.1, 0.15) is 17.8 Å². The zero-order valence-electron chi connectivity index (χ0n) is 16.5. The summed E-state index contributed by atoms with van der Waals surface area (Å²) in [5.74, 6) is -0.568. The summed E-state index contributed by atoms with van der Waals surface area (Å²) in [6.07, 6.45) is 1.85. The minimum absolute atomic E-state index is 0.0103. The minimum atomic E-state index is -3.76. The van der Waals surface area contributed by atoms with Gasteiger partial charge in [0.25, 0.3) is 5.91 Å². The van der Waals surface area contributed by atoms with Gasteiger partial charge in [0.15, 0.2) is 0 Å². The molecule has 0 spiro atoms. The maximum absolute atomic E-state index is 12.3. The summed E-state index contributed by atoms with van der Waals surface area (Å²) in [6, 6.07) is 8.19. The fraction of sp³-hybridized carbons (Fsp3) is 0.316. The lowest BCUT2D eigenvalue weighted by molar-refractivity contribution is -0.133. The number of benzene rings is 1. The first-order valence-corrected chi connectivity index (χ1v) is 10.7. The number of anilines is 1. The molecule has 1 aromatic carbocycles. The van der Waals surface area contributed by atoms with Gasteiger partial charge in [0.05, 0.1) is 17.7 Å². The van der Waals surface area contributed by atoms with Crippen molar-refractivity contribution < 1.29 is 27.2 Å². The van der Waals surface area contributed by atoms with Gasteiger partial charge in [-0.05, 0) is 49.7 Å². The SMILES string of the molecule is CC[C@@]1(C)NC(=O)N(CC(=O)Nc2ccc(S(=O)(=O)NCc3ccco3)cc2)C1=O. The standard InChI is InChI=1S/C19H22N4O6S/c1-3-19(2)17(25)23(18(26)22-19)12-16(24)21-13-6-8-15(9-7-13)30(27,28)20-11-14-5-4-10-29-14/h4-10,20H,3,11-12H2,1-2H3,(H,21,24)(H,22,26)/t19-/m1/s1. The number of furan rings is 1. The van der Waals surface area contributed by atoms with E-state index in [1.807, 2.05) is 0 Å². The van der Waals surface area contributed by atoms with Gasteiger partial charge in [-0.2, -0.15) is 0 Å². The average Bonchev–Trinajstić information content (AvgIpc) is 3.30. The molecule has 1 saturated heterocycles. The van der Waals surface area contributed by atoms with Crippen molar-refractivity contribution in [2.75, 3.05) is 11.9 Å². The summed E-state index contributed by atoms with van der Waals surface area (Å²) in [5, 5.41) is 5.12. The Bertz CT molecular complexity index is 1050. The molecule has 1 aliphatic rings. The number of nitrogens with one attached hydrogen (secondary N) is 3. The van der Waals surface area contributed by atoms with E-state index in [0.29, 0.717) is 17.9 Å². The Balaban J connectivity index is 1.59. The lowest BCUT2D eigenvalue weighted by atomic mass is 9.99. The highest BCUT2D eigenvalue weighted by Gasteiger charge is 2.46. The molecule has 2 aromatic rings. The molecule has 4 amide bonds. The predicted molar refractivity (Wildman–Crippen MR) is 107 cm³/mol. The molecule has 0 bridgehead atoms. The van der Waals surface area contributed by atoms with E-state index in [1.165, 1.54) is 30.5 Å². The third-order valence-corrected chi connectivity index (χ3v) is 6.24. The number of urea groups is 1. The van der Waals surface area contributed by atoms with Gasteiger partial charge in [0.2, 0.25) is 15.9 Å². The number of sulfonamides is 1. The van der Waals surface area contributed by atoms with Gasteiger partial charge >= 0.3 is 6.03 Å². The summed E-state index contributed by atoms with van der Waals surface area (Å²) in [6.45, 7) is 2.94. The van der Waals surface area contributed by atoms with Crippen molar-refractivity contribution in [1.29, 1.82) is 0 Å². The highest BCUT2D eigenvalue weighted by Crippen LogP contribution is 2.21. The third-order valence-electron chi connectivity index (χ3n) is 4.82. The summed E-state index contributed by atoms with van der Waals surface area (Å²) in [4.78, 5) is 37.4. The first-order valence-electron chi connectivity index (χ1n) is 9.21. The van der Waals surface area contributed by atoms with Crippen LogP contribution in [0.1, 0.15) is 26.0 Å². The van der Waals surface area contributed by atoms with Gasteiger partial charge < -0.3 is 15.1 Å². The fourth-order valence-electron chi connectivity index (χ4n) is 2.85. The van der Waals surface area contributed by atoms with Crippen molar-refractivity contribution in [3.8, 4) is 0 Å². The van der Waals surface area contributed by atoms with E-state index in [4.69, 9.17) is 4.42 Å². The van der Waals surface area contributed by atoms with Crippen LogP contribution in [0.25, 0.3) is 0 Å². The molecule has 0 radical (unpaired) electrons. The van der Waals surface area contributed by atoms with E-state index in [-0.39, 0.29) is 11.4 Å². The van der Waals surface area contributed by atoms with Crippen molar-refractivity contribution in [2.45, 2.75) is 37.2 Å². The lowest BCUT2D eigenvalue weighted by Gasteiger charge is -2.19. The van der Waals surface area contributed by atoms with E-state index in [9.17, 15) is 22.8 Å². The summed E-state index contributed by atoms with van der Waals surface area (Å²) in [7, 11) is -3.76. The number of amides is 4. The molecule has 0 unspecified atom stereocenters. The molecule has 1 aliphatic heterocycles. The molecule has 1 atom stereocenters. The maximum Gasteiger partial charge on any atom is 0.325 e. The molecule has 1 aromatic heterocycles. The Morgan fingerprint density at radius 1 is 1.20 bits per heavy atom. The number of hydrogen-bond donors (Lipinski definition) is 3. The molecule has 3 rings (SSSR count). The fourth-order valence-corrected chi connectivity index (χ4v) is 3.85. The van der Waals surface area contributed by atoms with Gasteiger partial charge in [-0.25, -0.2) is 17.9 Å². The number of rotatable bonds is 8. The Hall–Kier alpha value is -3.18. The van der Waals surface area contributed by atoms with Crippen LogP contribution in [-0.2, 0) is 26.2 Å². The highest BCUT2D eigenvalue weighted by atomic mass is 32.2. The molecular formula is C19H22N4O6S. The number of hydrogen-bond acceptors (Lipinski definition) is 6. The second kappa shape index (κ2) is 8.28. The van der Waals surface area contributed by atoms with Crippen molar-refractivity contribution >= 4 is 33.6 Å². The number of imide groups is 1. The van der Waals surface area contributed by atoms with E-state index in [0.717, 1.165) is 4.90 Å². The second-order valence-corrected chi connectivity index (χ2v) is 8.75. The van der Waals surface area contributed by atoms with Crippen LogP contribution < -0.4 is 15.4 Å². The van der Waals surface area contributed by atoms with Crippen LogP contribution in [0.5, 0.6) is 0 Å². The van der Waals surface area contributed by atoms with Crippen molar-refractivity contribution in [1.82, 2.24) is 14.9 Å². The van der Waals surface area contributed by atoms with E-state index >= 15 is 0 Å². The van der Waals surface area contributed by atoms with Gasteiger partial charge in [-0.1, -0.05) is 6.92 Å². The number of carbonyl (C=O) groups is 3. The normalized spacial score (nSPS) is 19.1. The monoisotopic (exact) mass is 434 g/mol. The van der Waals surface area contributed by atoms with Crippen molar-refractivity contribution in [3.63, 3.8) is 0 Å². The van der Waals surface area contributed by atoms with Crippen LogP contribution >= 0.6 is 0 Å². The first kappa shape index (κ1) is 21.5. The minimum Gasteiger partial charge on any atom is -0.468 e. The topological polar surface area (TPSA) is 138 Å². The predicted octanol–water partition coefficient (Wildman–Crippen LogP) is 1.42. The van der Waals surface area contributed by atoms with Gasteiger partial charge in [-0.15, -0.1) is 0 Å². The van der Waals surface area contributed by atoms with Gasteiger partial charge in [-0.3, -0.25) is 14.5 Å². The third kappa shape index (κ3) is 4.52. The van der Waals surface area contributed by atoms with Crippen LogP contribution in [0.15, 0.2) is 52.0 Å². The quantitative estimate of drug-likeness (QED) is 0.537. The Morgan fingerprint density at radius 3 is 2.47 bits per heavy atom. The van der Waals surface area contributed by atoms with Crippen LogP contribution in [0.2, 0.25) is 0 Å². The molecule has 160 valence electrons. The van der Waals surface area contributed by atoms with E-state index < -0.39 is 40.0 Å². The zero-order valence-corrected chi connectivity index (χ0v) is 17.3. The summed E-state index contributed by atoms with van der Waals surface area (Å²) < 4.78 is 32.1. The first-order chi connectivity index (χ1) is 14.1. The second-order valence-electron chi connectivity index (χ2n) is 6.98. The molecule has 11 heteroatoms. The summed E-state index contributed by atoms with van der Waals surface area (Å²) in [5.41, 5.74) is -0.689. The van der Waals surface area contributed by atoms with Crippen molar-refractivity contribution in [2.24, 2.45) is 0 Å². The Kier molecular flexibility index (Phi) is 5.94. The molecule has 3 N–H and O–H groups in total. The van der Waals surface area contributed by atoms with E-state index in [2.05, 4.69) is 15.4 Å². The van der Waals surface area contributed by atoms with Crippen LogP contribution in [0, 0.1) is 0 Å². The van der Waals surface area contributed by atoms with Crippen LogP contribution in [-0.4, -0.2) is 43.2 Å². The molecule has 1 fully saturated rings. The largest absolute Gasteiger partial charge is 0.468 e. The maximum atomic E-state index is 12.3. The number of carbonyl (C=O) groups excluding carboxylic acids is 3.